The average Bonchev–Trinajstić information content (AvgIpc) is 2.98. The molecule has 1 aliphatic heterocycles. The zero-order valence-corrected chi connectivity index (χ0v) is 23.9. The number of benzene rings is 3. The van der Waals surface area contributed by atoms with Crippen LogP contribution in [0.2, 0.25) is 0 Å². The van der Waals surface area contributed by atoms with Crippen molar-refractivity contribution in [3.8, 4) is 34.1 Å². The SMILES string of the molecule is COC.COc1ccc(S)c(C(=O)NO)c1OC.COc1ccccc1-c1ccc(OC2CCNCC2)cc1. The molecule has 212 valence electrons. The molecule has 3 N–H and O–H groups in total. The zero-order chi connectivity index (χ0) is 28.6. The molecule has 0 radical (unpaired) electrons. The van der Waals surface area contributed by atoms with Gasteiger partial charge in [-0.1, -0.05) is 30.3 Å². The average molecular weight is 559 g/mol. The molecule has 10 heteroatoms. The van der Waals surface area contributed by atoms with Gasteiger partial charge in [0.05, 0.1) is 21.3 Å². The Labute approximate surface area is 235 Å². The van der Waals surface area contributed by atoms with E-state index in [2.05, 4.69) is 40.9 Å². The number of carbonyl (C=O) groups excluding carboxylic acids is 1. The lowest BCUT2D eigenvalue weighted by Gasteiger charge is -2.23. The number of amides is 1. The number of carbonyl (C=O) groups is 1. The van der Waals surface area contributed by atoms with E-state index in [0.29, 0.717) is 16.7 Å². The van der Waals surface area contributed by atoms with Crippen LogP contribution in [0.25, 0.3) is 11.1 Å². The molecule has 3 aromatic carbocycles. The molecular weight excluding hydrogens is 520 g/mol. The van der Waals surface area contributed by atoms with Crippen LogP contribution < -0.4 is 29.7 Å². The number of thiol groups is 1. The van der Waals surface area contributed by atoms with Gasteiger partial charge in [0, 0.05) is 24.7 Å². The number of piperidine rings is 1. The second kappa shape index (κ2) is 17.2. The summed E-state index contributed by atoms with van der Waals surface area (Å²) in [4.78, 5) is 11.7. The van der Waals surface area contributed by atoms with Gasteiger partial charge in [0.25, 0.3) is 5.91 Å². The molecule has 0 saturated carbocycles. The molecule has 0 aliphatic carbocycles. The van der Waals surface area contributed by atoms with Crippen LogP contribution in [-0.2, 0) is 4.74 Å². The first-order chi connectivity index (χ1) is 18.9. The summed E-state index contributed by atoms with van der Waals surface area (Å²) in [6.45, 7) is 2.09. The van der Waals surface area contributed by atoms with Crippen LogP contribution in [0, 0.1) is 0 Å². The summed E-state index contributed by atoms with van der Waals surface area (Å²) in [5, 5.41) is 11.9. The van der Waals surface area contributed by atoms with Crippen molar-refractivity contribution in [2.45, 2.75) is 23.8 Å². The molecule has 0 aromatic heterocycles. The second-order valence-electron chi connectivity index (χ2n) is 8.34. The minimum atomic E-state index is -0.698. The van der Waals surface area contributed by atoms with Gasteiger partial charge in [-0.2, -0.15) is 0 Å². The number of nitrogens with one attached hydrogen (secondary N) is 2. The number of hydrogen-bond acceptors (Lipinski definition) is 9. The third-order valence-electron chi connectivity index (χ3n) is 5.71. The van der Waals surface area contributed by atoms with Gasteiger partial charge in [-0.3, -0.25) is 10.0 Å². The lowest BCUT2D eigenvalue weighted by Crippen LogP contribution is -2.34. The Morgan fingerprint density at radius 3 is 2.05 bits per heavy atom. The first kappa shape index (κ1) is 31.8. The predicted octanol–water partition coefficient (Wildman–Crippen LogP) is 4.87. The summed E-state index contributed by atoms with van der Waals surface area (Å²) < 4.78 is 25.7. The molecule has 1 saturated heterocycles. The molecule has 0 atom stereocenters. The summed E-state index contributed by atoms with van der Waals surface area (Å²) in [5.74, 6) is 1.77. The number of hydroxylamine groups is 1. The molecule has 1 amide bonds. The standard InChI is InChI=1S/C18H21NO2.C9H11NO4S.C2H6O/c1-20-18-5-3-2-4-17(18)14-6-8-15(9-7-14)21-16-10-12-19-13-11-16;1-13-5-3-4-6(15)7(8(5)14-2)9(11)10-12;1-3-2/h2-9,16,19H,10-13H2,1H3;3-4,12,15H,1-2H3,(H,10,11);1-2H3. The van der Waals surface area contributed by atoms with Gasteiger partial charge < -0.3 is 29.0 Å². The van der Waals surface area contributed by atoms with Crippen molar-refractivity contribution in [3.63, 3.8) is 0 Å². The smallest absolute Gasteiger partial charge is 0.279 e. The predicted molar refractivity (Wildman–Crippen MR) is 154 cm³/mol. The summed E-state index contributed by atoms with van der Waals surface area (Å²) in [5.41, 5.74) is 3.90. The Hall–Kier alpha value is -3.44. The van der Waals surface area contributed by atoms with Gasteiger partial charge in [0.15, 0.2) is 11.5 Å². The molecule has 0 bridgehead atoms. The van der Waals surface area contributed by atoms with Crippen molar-refractivity contribution in [2.75, 3.05) is 48.6 Å². The van der Waals surface area contributed by atoms with Crippen LogP contribution in [0.4, 0.5) is 0 Å². The van der Waals surface area contributed by atoms with Gasteiger partial charge in [-0.05, 0) is 61.8 Å². The highest BCUT2D eigenvalue weighted by Crippen LogP contribution is 2.35. The van der Waals surface area contributed by atoms with Gasteiger partial charge in [0.2, 0.25) is 0 Å². The number of rotatable bonds is 7. The summed E-state index contributed by atoms with van der Waals surface area (Å²) in [7, 11) is 7.81. The van der Waals surface area contributed by atoms with Crippen molar-refractivity contribution >= 4 is 18.5 Å². The highest BCUT2D eigenvalue weighted by molar-refractivity contribution is 7.80. The van der Waals surface area contributed by atoms with E-state index in [-0.39, 0.29) is 11.3 Å². The van der Waals surface area contributed by atoms with Gasteiger partial charge in [-0.25, -0.2) is 5.48 Å². The number of para-hydroxylation sites is 1. The summed E-state index contributed by atoms with van der Waals surface area (Å²) in [6, 6.07) is 19.5. The van der Waals surface area contributed by atoms with Crippen LogP contribution in [0.3, 0.4) is 0 Å². The second-order valence-corrected chi connectivity index (χ2v) is 8.82. The van der Waals surface area contributed by atoms with Crippen molar-refractivity contribution in [1.29, 1.82) is 0 Å². The zero-order valence-electron chi connectivity index (χ0n) is 23.0. The van der Waals surface area contributed by atoms with E-state index in [4.69, 9.17) is 24.2 Å². The van der Waals surface area contributed by atoms with E-state index in [0.717, 1.165) is 48.6 Å². The normalized spacial score (nSPS) is 12.6. The molecular formula is C29H38N2O7S. The highest BCUT2D eigenvalue weighted by Gasteiger charge is 2.19. The molecule has 9 nitrogen and oxygen atoms in total. The van der Waals surface area contributed by atoms with E-state index < -0.39 is 5.91 Å². The monoisotopic (exact) mass is 558 g/mol. The fourth-order valence-corrected chi connectivity index (χ4v) is 4.17. The van der Waals surface area contributed by atoms with E-state index in [1.54, 1.807) is 33.5 Å². The van der Waals surface area contributed by atoms with Gasteiger partial charge in [0.1, 0.15) is 23.2 Å². The van der Waals surface area contributed by atoms with E-state index in [9.17, 15) is 4.79 Å². The van der Waals surface area contributed by atoms with Crippen molar-refractivity contribution < 1.29 is 33.7 Å². The van der Waals surface area contributed by atoms with Crippen molar-refractivity contribution in [1.82, 2.24) is 10.8 Å². The first-order valence-electron chi connectivity index (χ1n) is 12.3. The van der Waals surface area contributed by atoms with Crippen LogP contribution in [0.1, 0.15) is 23.2 Å². The molecule has 0 unspecified atom stereocenters. The van der Waals surface area contributed by atoms with E-state index in [1.807, 2.05) is 30.3 Å². The largest absolute Gasteiger partial charge is 0.496 e. The van der Waals surface area contributed by atoms with Crippen LogP contribution in [0.15, 0.2) is 65.6 Å². The summed E-state index contributed by atoms with van der Waals surface area (Å²) >= 11 is 4.09. The minimum Gasteiger partial charge on any atom is -0.496 e. The minimum absolute atomic E-state index is 0.127. The van der Waals surface area contributed by atoms with Gasteiger partial charge in [-0.15, -0.1) is 12.6 Å². The Kier molecular flexibility index (Phi) is 14.0. The molecule has 3 aromatic rings. The maximum Gasteiger partial charge on any atom is 0.279 e. The maximum atomic E-state index is 11.3. The Bertz CT molecular complexity index is 1150. The first-order valence-corrected chi connectivity index (χ1v) is 12.8. The quantitative estimate of drug-likeness (QED) is 0.185. The van der Waals surface area contributed by atoms with E-state index in [1.165, 1.54) is 19.7 Å². The van der Waals surface area contributed by atoms with Gasteiger partial charge >= 0.3 is 0 Å². The van der Waals surface area contributed by atoms with Crippen molar-refractivity contribution in [3.05, 3.63) is 66.2 Å². The van der Waals surface area contributed by atoms with Crippen LogP contribution >= 0.6 is 12.6 Å². The van der Waals surface area contributed by atoms with Crippen LogP contribution in [0.5, 0.6) is 23.0 Å². The molecule has 1 heterocycles. The highest BCUT2D eigenvalue weighted by atomic mass is 32.1. The molecule has 39 heavy (non-hydrogen) atoms. The summed E-state index contributed by atoms with van der Waals surface area (Å²) in [6.07, 6.45) is 2.49. The third-order valence-corrected chi connectivity index (χ3v) is 6.09. The number of ether oxygens (including phenoxy) is 5. The number of hydrogen-bond donors (Lipinski definition) is 4. The lowest BCUT2D eigenvalue weighted by molar-refractivity contribution is 0.0699. The number of methoxy groups -OCH3 is 4. The Morgan fingerprint density at radius 2 is 1.49 bits per heavy atom. The Balaban J connectivity index is 0.000000261. The molecule has 1 fully saturated rings. The fourth-order valence-electron chi connectivity index (χ4n) is 3.89. The fraction of sp³-hybridized carbons (Fsp3) is 0.345. The topological polar surface area (TPSA) is 108 Å². The third kappa shape index (κ3) is 9.36. The molecule has 4 rings (SSSR count). The van der Waals surface area contributed by atoms with Crippen LogP contribution in [-0.4, -0.2) is 65.9 Å². The van der Waals surface area contributed by atoms with Crippen molar-refractivity contribution in [2.24, 2.45) is 0 Å². The molecule has 0 spiro atoms. The molecule has 1 aliphatic rings. The van der Waals surface area contributed by atoms with E-state index >= 15 is 0 Å². The Morgan fingerprint density at radius 1 is 0.872 bits per heavy atom. The lowest BCUT2D eigenvalue weighted by atomic mass is 10.0. The maximum absolute atomic E-state index is 11.3.